The van der Waals surface area contributed by atoms with Gasteiger partial charge in [0, 0.05) is 0 Å². The molecule has 1 rings (SSSR count). The largest absolute Gasteiger partial charge is 0.350 e. The maximum atomic E-state index is 10.8. The predicted molar refractivity (Wildman–Crippen MR) is 52.7 cm³/mol. The van der Waals surface area contributed by atoms with Crippen LogP contribution in [-0.2, 0) is 0 Å². The third-order valence-electron chi connectivity index (χ3n) is 2.09. The van der Waals surface area contributed by atoms with Gasteiger partial charge in [-0.05, 0) is 12.0 Å². The van der Waals surface area contributed by atoms with Gasteiger partial charge in [-0.1, -0.05) is 37.3 Å². The van der Waals surface area contributed by atoms with Crippen LogP contribution in [0.3, 0.4) is 0 Å². The quantitative estimate of drug-likeness (QED) is 0.570. The summed E-state index contributed by atoms with van der Waals surface area (Å²) in [7, 11) is 0. The maximum Gasteiger partial charge on any atom is 0.339 e. The lowest BCUT2D eigenvalue weighted by atomic mass is 10.0. The van der Waals surface area contributed by atoms with Gasteiger partial charge in [-0.15, -0.1) is 0 Å². The molecular formula is C10H14N2O2. The summed E-state index contributed by atoms with van der Waals surface area (Å²) < 4.78 is 0. The Kier molecular flexibility index (Phi) is 3.48. The summed E-state index contributed by atoms with van der Waals surface area (Å²) in [5, 5.41) is 9.96. The lowest BCUT2D eigenvalue weighted by molar-refractivity contribution is -0.0774. The summed E-state index contributed by atoms with van der Waals surface area (Å²) >= 11 is 0. The van der Waals surface area contributed by atoms with Crippen LogP contribution in [0.4, 0.5) is 4.79 Å². The summed E-state index contributed by atoms with van der Waals surface area (Å²) in [5.41, 5.74) is 5.86. The Bertz CT molecular complexity index is 300. The molecule has 76 valence electrons. The van der Waals surface area contributed by atoms with Crippen LogP contribution in [0.5, 0.6) is 0 Å². The van der Waals surface area contributed by atoms with Crippen molar-refractivity contribution in [1.29, 1.82) is 0 Å². The van der Waals surface area contributed by atoms with E-state index in [2.05, 4.69) is 0 Å². The molecule has 2 amide bonds. The van der Waals surface area contributed by atoms with Gasteiger partial charge in [-0.25, -0.2) is 4.79 Å². The van der Waals surface area contributed by atoms with Gasteiger partial charge < -0.3 is 5.73 Å². The van der Waals surface area contributed by atoms with Crippen LogP contribution in [0, 0.1) is 0 Å². The molecule has 0 spiro atoms. The molecule has 0 aliphatic rings. The Balaban J connectivity index is 2.87. The zero-order chi connectivity index (χ0) is 10.6. The molecule has 0 heterocycles. The zero-order valence-electron chi connectivity index (χ0n) is 8.05. The maximum absolute atomic E-state index is 10.8. The number of primary amides is 1. The molecule has 1 aromatic carbocycles. The smallest absolute Gasteiger partial charge is 0.339 e. The highest BCUT2D eigenvalue weighted by atomic mass is 16.5. The van der Waals surface area contributed by atoms with Gasteiger partial charge in [0.1, 0.15) is 0 Å². The first-order chi connectivity index (χ1) is 6.66. The molecule has 0 bridgehead atoms. The van der Waals surface area contributed by atoms with Crippen molar-refractivity contribution in [2.24, 2.45) is 5.73 Å². The number of carbonyl (C=O) groups excluding carboxylic acids is 1. The van der Waals surface area contributed by atoms with Crippen molar-refractivity contribution in [3.05, 3.63) is 35.9 Å². The highest BCUT2D eigenvalue weighted by Gasteiger charge is 2.19. The Morgan fingerprint density at radius 2 is 2.07 bits per heavy atom. The summed E-state index contributed by atoms with van der Waals surface area (Å²) in [6.07, 6.45) is 0.615. The molecule has 0 saturated heterocycles. The number of carbonyl (C=O) groups is 1. The molecule has 0 saturated carbocycles. The Labute approximate surface area is 82.9 Å². The van der Waals surface area contributed by atoms with Crippen LogP contribution in [0.2, 0.25) is 0 Å². The van der Waals surface area contributed by atoms with Crippen LogP contribution in [-0.4, -0.2) is 16.3 Å². The number of urea groups is 1. The average Bonchev–Trinajstić information content (AvgIpc) is 2.20. The molecule has 1 aromatic rings. The van der Waals surface area contributed by atoms with Crippen LogP contribution in [0.1, 0.15) is 24.9 Å². The van der Waals surface area contributed by atoms with E-state index in [0.717, 1.165) is 5.56 Å². The normalized spacial score (nSPS) is 12.1. The van der Waals surface area contributed by atoms with Crippen LogP contribution >= 0.6 is 0 Å². The van der Waals surface area contributed by atoms with Crippen molar-refractivity contribution in [2.75, 3.05) is 0 Å². The number of hydroxylamine groups is 2. The van der Waals surface area contributed by atoms with Crippen LogP contribution < -0.4 is 5.73 Å². The van der Waals surface area contributed by atoms with E-state index in [0.29, 0.717) is 11.5 Å². The fourth-order valence-corrected chi connectivity index (χ4v) is 1.38. The van der Waals surface area contributed by atoms with E-state index in [1.165, 1.54) is 0 Å². The van der Waals surface area contributed by atoms with Crippen molar-refractivity contribution in [2.45, 2.75) is 19.4 Å². The summed E-state index contributed by atoms with van der Waals surface area (Å²) in [6.45, 7) is 1.88. The Morgan fingerprint density at radius 1 is 1.50 bits per heavy atom. The fourth-order valence-electron chi connectivity index (χ4n) is 1.38. The van der Waals surface area contributed by atoms with Gasteiger partial charge in [0.15, 0.2) is 0 Å². The van der Waals surface area contributed by atoms with E-state index < -0.39 is 6.03 Å². The number of benzene rings is 1. The molecule has 1 atom stereocenters. The van der Waals surface area contributed by atoms with E-state index in [9.17, 15) is 10.0 Å². The highest BCUT2D eigenvalue weighted by Crippen LogP contribution is 2.21. The first kappa shape index (κ1) is 10.5. The van der Waals surface area contributed by atoms with Crippen molar-refractivity contribution in [1.82, 2.24) is 5.06 Å². The van der Waals surface area contributed by atoms with Gasteiger partial charge in [0.25, 0.3) is 0 Å². The number of rotatable bonds is 3. The number of hydrogen-bond acceptors (Lipinski definition) is 2. The highest BCUT2D eigenvalue weighted by molar-refractivity contribution is 5.71. The van der Waals surface area contributed by atoms with Crippen LogP contribution in [0.15, 0.2) is 30.3 Å². The first-order valence-electron chi connectivity index (χ1n) is 4.49. The number of nitrogens with zero attached hydrogens (tertiary/aromatic N) is 1. The second-order valence-corrected chi connectivity index (χ2v) is 3.02. The average molecular weight is 194 g/mol. The van der Waals surface area contributed by atoms with Crippen molar-refractivity contribution < 1.29 is 10.0 Å². The van der Waals surface area contributed by atoms with Gasteiger partial charge in [0.05, 0.1) is 6.04 Å². The molecule has 0 aromatic heterocycles. The van der Waals surface area contributed by atoms with Crippen molar-refractivity contribution >= 4 is 6.03 Å². The lowest BCUT2D eigenvalue weighted by Crippen LogP contribution is -2.35. The van der Waals surface area contributed by atoms with Crippen LogP contribution in [0.25, 0.3) is 0 Å². The van der Waals surface area contributed by atoms with Gasteiger partial charge in [-0.2, -0.15) is 5.06 Å². The van der Waals surface area contributed by atoms with E-state index in [1.54, 1.807) is 0 Å². The van der Waals surface area contributed by atoms with Gasteiger partial charge in [-0.3, -0.25) is 5.21 Å². The summed E-state index contributed by atoms with van der Waals surface area (Å²) in [6, 6.07) is 8.08. The van der Waals surface area contributed by atoms with E-state index in [-0.39, 0.29) is 6.04 Å². The minimum atomic E-state index is -0.833. The second-order valence-electron chi connectivity index (χ2n) is 3.02. The predicted octanol–water partition coefficient (Wildman–Crippen LogP) is 1.91. The third kappa shape index (κ3) is 2.23. The second kappa shape index (κ2) is 4.62. The van der Waals surface area contributed by atoms with Gasteiger partial charge >= 0.3 is 6.03 Å². The van der Waals surface area contributed by atoms with E-state index in [1.807, 2.05) is 37.3 Å². The molecule has 1 unspecified atom stereocenters. The van der Waals surface area contributed by atoms with Crippen molar-refractivity contribution in [3.63, 3.8) is 0 Å². The fraction of sp³-hybridized carbons (Fsp3) is 0.300. The van der Waals surface area contributed by atoms with Gasteiger partial charge in [0.2, 0.25) is 0 Å². The first-order valence-corrected chi connectivity index (χ1v) is 4.49. The van der Waals surface area contributed by atoms with E-state index >= 15 is 0 Å². The Morgan fingerprint density at radius 3 is 2.50 bits per heavy atom. The Hall–Kier alpha value is -1.55. The zero-order valence-corrected chi connectivity index (χ0v) is 8.05. The molecule has 3 N–H and O–H groups in total. The molecule has 4 heteroatoms. The molecule has 14 heavy (non-hydrogen) atoms. The topological polar surface area (TPSA) is 66.6 Å². The molecule has 0 aliphatic heterocycles. The molecule has 0 radical (unpaired) electrons. The standard InChI is InChI=1S/C10H14N2O2/c1-2-9(12(14)10(11)13)8-6-4-3-5-7-8/h3-7,9,14H,2H2,1H3,(H2,11,13). The third-order valence-corrected chi connectivity index (χ3v) is 2.09. The monoisotopic (exact) mass is 194 g/mol. The SMILES string of the molecule is CCC(c1ccccc1)N(O)C(N)=O. The number of nitrogens with two attached hydrogens (primary N) is 1. The summed E-state index contributed by atoms with van der Waals surface area (Å²) in [4.78, 5) is 10.8. The molecule has 0 fully saturated rings. The molecule has 0 aliphatic carbocycles. The molecular weight excluding hydrogens is 180 g/mol. The minimum absolute atomic E-state index is 0.367. The van der Waals surface area contributed by atoms with Crippen molar-refractivity contribution in [3.8, 4) is 0 Å². The minimum Gasteiger partial charge on any atom is -0.350 e. The number of hydrogen-bond donors (Lipinski definition) is 2. The summed E-state index contributed by atoms with van der Waals surface area (Å²) in [5.74, 6) is 0. The molecule has 4 nitrogen and oxygen atoms in total. The lowest BCUT2D eigenvalue weighted by Gasteiger charge is -2.23. The number of amides is 2. The van der Waals surface area contributed by atoms with E-state index in [4.69, 9.17) is 5.73 Å².